The van der Waals surface area contributed by atoms with Crippen LogP contribution in [0.5, 0.6) is 5.75 Å². The van der Waals surface area contributed by atoms with Gasteiger partial charge in [-0.3, -0.25) is 4.79 Å². The molecule has 0 saturated carbocycles. The molecule has 1 aromatic carbocycles. The maximum atomic E-state index is 11.1. The van der Waals surface area contributed by atoms with E-state index in [0.29, 0.717) is 11.0 Å². The SMILES string of the molecule is Cc1cc(C)cc(OCc2nnc(SC(C)C(N)=O)n2N)c1. The number of hydrogen-bond donors (Lipinski definition) is 2. The van der Waals surface area contributed by atoms with Crippen molar-refractivity contribution in [1.82, 2.24) is 14.9 Å². The highest BCUT2D eigenvalue weighted by Crippen LogP contribution is 2.21. The number of nitrogens with zero attached hydrogens (tertiary/aromatic N) is 3. The van der Waals surface area contributed by atoms with Gasteiger partial charge in [0.2, 0.25) is 11.1 Å². The standard InChI is InChI=1S/C14H19N5O2S/c1-8-4-9(2)6-11(5-8)21-7-12-17-18-14(19(12)16)22-10(3)13(15)20/h4-6,10H,7,16H2,1-3H3,(H2,15,20). The van der Waals surface area contributed by atoms with Crippen LogP contribution in [0.3, 0.4) is 0 Å². The fraction of sp³-hybridized carbons (Fsp3) is 0.357. The molecule has 4 N–H and O–H groups in total. The number of aromatic nitrogens is 3. The minimum atomic E-state index is -0.431. The Balaban J connectivity index is 2.05. The molecule has 0 bridgehead atoms. The van der Waals surface area contributed by atoms with Gasteiger partial charge in [-0.1, -0.05) is 17.8 Å². The third-order valence-corrected chi connectivity index (χ3v) is 4.06. The Kier molecular flexibility index (Phi) is 4.92. The molecule has 1 amide bonds. The molecule has 0 aliphatic carbocycles. The zero-order chi connectivity index (χ0) is 16.3. The van der Waals surface area contributed by atoms with Crippen molar-refractivity contribution in [3.8, 4) is 5.75 Å². The van der Waals surface area contributed by atoms with Gasteiger partial charge in [-0.2, -0.15) is 0 Å². The molecule has 1 aromatic heterocycles. The van der Waals surface area contributed by atoms with Crippen molar-refractivity contribution in [2.24, 2.45) is 5.73 Å². The number of amides is 1. The first-order valence-corrected chi connectivity index (χ1v) is 7.61. The third kappa shape index (κ3) is 3.91. The summed E-state index contributed by atoms with van der Waals surface area (Å²) in [5.74, 6) is 6.71. The molecule has 0 saturated heterocycles. The largest absolute Gasteiger partial charge is 0.486 e. The molecule has 1 atom stereocenters. The lowest BCUT2D eigenvalue weighted by Crippen LogP contribution is -2.24. The number of benzene rings is 1. The first-order chi connectivity index (χ1) is 10.4. The normalized spacial score (nSPS) is 12.1. The molecule has 0 aliphatic rings. The second-order valence-electron chi connectivity index (χ2n) is 5.04. The van der Waals surface area contributed by atoms with Gasteiger partial charge in [-0.05, 0) is 44.0 Å². The van der Waals surface area contributed by atoms with Crippen LogP contribution in [0, 0.1) is 13.8 Å². The monoisotopic (exact) mass is 321 g/mol. The van der Waals surface area contributed by atoms with Crippen LogP contribution in [0.25, 0.3) is 0 Å². The second kappa shape index (κ2) is 6.69. The van der Waals surface area contributed by atoms with E-state index in [9.17, 15) is 4.79 Å². The molecule has 1 heterocycles. The Morgan fingerprint density at radius 1 is 1.32 bits per heavy atom. The van der Waals surface area contributed by atoms with Gasteiger partial charge >= 0.3 is 0 Å². The average Bonchev–Trinajstić information content (AvgIpc) is 2.76. The Labute approximate surface area is 133 Å². The minimum absolute atomic E-state index is 0.192. The van der Waals surface area contributed by atoms with Crippen molar-refractivity contribution in [2.45, 2.75) is 37.8 Å². The lowest BCUT2D eigenvalue weighted by molar-refractivity contribution is -0.117. The Hall–Kier alpha value is -2.22. The van der Waals surface area contributed by atoms with E-state index in [-0.39, 0.29) is 6.61 Å². The van der Waals surface area contributed by atoms with Crippen molar-refractivity contribution >= 4 is 17.7 Å². The molecule has 8 heteroatoms. The molecule has 0 radical (unpaired) electrons. The Bertz CT molecular complexity index is 666. The summed E-state index contributed by atoms with van der Waals surface area (Å²) in [5, 5.41) is 7.92. The topological polar surface area (TPSA) is 109 Å². The highest BCUT2D eigenvalue weighted by Gasteiger charge is 2.17. The van der Waals surface area contributed by atoms with E-state index in [1.165, 1.54) is 4.68 Å². The molecule has 0 spiro atoms. The highest BCUT2D eigenvalue weighted by molar-refractivity contribution is 8.00. The van der Waals surface area contributed by atoms with Crippen molar-refractivity contribution < 1.29 is 9.53 Å². The third-order valence-electron chi connectivity index (χ3n) is 2.98. The van der Waals surface area contributed by atoms with Crippen LogP contribution >= 0.6 is 11.8 Å². The maximum Gasteiger partial charge on any atom is 0.230 e. The van der Waals surface area contributed by atoms with Crippen LogP contribution in [0.4, 0.5) is 0 Å². The van der Waals surface area contributed by atoms with E-state index < -0.39 is 11.2 Å². The van der Waals surface area contributed by atoms with E-state index in [4.69, 9.17) is 16.3 Å². The summed E-state index contributed by atoms with van der Waals surface area (Å²) >= 11 is 1.16. The van der Waals surface area contributed by atoms with E-state index in [0.717, 1.165) is 28.6 Å². The van der Waals surface area contributed by atoms with E-state index in [1.807, 2.05) is 26.0 Å². The highest BCUT2D eigenvalue weighted by atomic mass is 32.2. The number of carbonyl (C=O) groups excluding carboxylic acids is 1. The lowest BCUT2D eigenvalue weighted by atomic mass is 10.1. The van der Waals surface area contributed by atoms with E-state index in [1.54, 1.807) is 6.92 Å². The summed E-state index contributed by atoms with van der Waals surface area (Å²) in [5.41, 5.74) is 7.46. The molecule has 0 fully saturated rings. The van der Waals surface area contributed by atoms with Crippen molar-refractivity contribution in [3.63, 3.8) is 0 Å². The number of aryl methyl sites for hydroxylation is 2. The average molecular weight is 321 g/mol. The predicted octanol–water partition coefficient (Wildman–Crippen LogP) is 1.15. The summed E-state index contributed by atoms with van der Waals surface area (Å²) in [6.07, 6.45) is 0. The van der Waals surface area contributed by atoms with Crippen LogP contribution in [0.1, 0.15) is 23.9 Å². The van der Waals surface area contributed by atoms with Gasteiger partial charge in [0.25, 0.3) is 0 Å². The van der Waals surface area contributed by atoms with Crippen LogP contribution < -0.4 is 16.3 Å². The zero-order valence-electron chi connectivity index (χ0n) is 12.7. The number of thioether (sulfide) groups is 1. The quantitative estimate of drug-likeness (QED) is 0.610. The number of nitrogen functional groups attached to an aromatic ring is 1. The van der Waals surface area contributed by atoms with Gasteiger partial charge in [0.1, 0.15) is 12.4 Å². The first-order valence-electron chi connectivity index (χ1n) is 6.73. The van der Waals surface area contributed by atoms with Gasteiger partial charge in [0.15, 0.2) is 5.82 Å². The molecular weight excluding hydrogens is 302 g/mol. The molecule has 0 aliphatic heterocycles. The molecule has 1 unspecified atom stereocenters. The van der Waals surface area contributed by atoms with E-state index in [2.05, 4.69) is 16.3 Å². The summed E-state index contributed by atoms with van der Waals surface area (Å²) in [6, 6.07) is 5.95. The molecule has 2 rings (SSSR count). The van der Waals surface area contributed by atoms with Crippen LogP contribution in [0.15, 0.2) is 23.4 Å². The van der Waals surface area contributed by atoms with Gasteiger partial charge in [-0.15, -0.1) is 10.2 Å². The molecule has 22 heavy (non-hydrogen) atoms. The first kappa shape index (κ1) is 16.2. The minimum Gasteiger partial charge on any atom is -0.486 e. The zero-order valence-corrected chi connectivity index (χ0v) is 13.6. The number of hydrogen-bond acceptors (Lipinski definition) is 6. The van der Waals surface area contributed by atoms with Crippen molar-refractivity contribution in [3.05, 3.63) is 35.2 Å². The molecule has 2 aromatic rings. The van der Waals surface area contributed by atoms with Crippen LogP contribution in [-0.4, -0.2) is 26.0 Å². The van der Waals surface area contributed by atoms with E-state index >= 15 is 0 Å². The van der Waals surface area contributed by atoms with Gasteiger partial charge in [0, 0.05) is 0 Å². The summed E-state index contributed by atoms with van der Waals surface area (Å²) in [6.45, 7) is 5.89. The second-order valence-corrected chi connectivity index (χ2v) is 6.35. The predicted molar refractivity (Wildman–Crippen MR) is 84.9 cm³/mol. The summed E-state index contributed by atoms with van der Waals surface area (Å²) in [4.78, 5) is 11.1. The van der Waals surface area contributed by atoms with Gasteiger partial charge in [-0.25, -0.2) is 4.68 Å². The lowest BCUT2D eigenvalue weighted by Gasteiger charge is -2.09. The number of nitrogens with two attached hydrogens (primary N) is 2. The molecule has 7 nitrogen and oxygen atoms in total. The fourth-order valence-corrected chi connectivity index (χ4v) is 2.61. The fourth-order valence-electron chi connectivity index (χ4n) is 1.87. The van der Waals surface area contributed by atoms with Crippen LogP contribution in [-0.2, 0) is 11.4 Å². The molecular formula is C14H19N5O2S. The smallest absolute Gasteiger partial charge is 0.230 e. The molecule has 118 valence electrons. The van der Waals surface area contributed by atoms with Crippen molar-refractivity contribution in [1.29, 1.82) is 0 Å². The summed E-state index contributed by atoms with van der Waals surface area (Å²) < 4.78 is 7.01. The van der Waals surface area contributed by atoms with Crippen molar-refractivity contribution in [2.75, 3.05) is 5.84 Å². The van der Waals surface area contributed by atoms with Crippen LogP contribution in [0.2, 0.25) is 0 Å². The van der Waals surface area contributed by atoms with Gasteiger partial charge in [0.05, 0.1) is 5.25 Å². The number of ether oxygens (including phenoxy) is 1. The number of primary amides is 1. The number of rotatable bonds is 6. The maximum absolute atomic E-state index is 11.1. The summed E-state index contributed by atoms with van der Waals surface area (Å²) in [7, 11) is 0. The van der Waals surface area contributed by atoms with Gasteiger partial charge < -0.3 is 16.3 Å². The Morgan fingerprint density at radius 3 is 2.55 bits per heavy atom. The Morgan fingerprint density at radius 2 is 1.95 bits per heavy atom. The number of carbonyl (C=O) groups is 1.